The molecule has 20 heavy (non-hydrogen) atoms. The number of nitrogens with one attached hydrogen (secondary N) is 1. The first-order chi connectivity index (χ1) is 9.46. The standard InChI is InChI=1S/C15H15N3O2/c1-15(2)4-12-11(13(19)5-15)3-10(14(20)18-12)9-6-16-8-17-7-9/h3,6-8H,4-5H2,1-2H3,(H,18,20). The topological polar surface area (TPSA) is 75.7 Å². The van der Waals surface area contributed by atoms with Crippen LogP contribution in [0.25, 0.3) is 11.1 Å². The molecular weight excluding hydrogens is 254 g/mol. The molecule has 0 spiro atoms. The fourth-order valence-electron chi connectivity index (χ4n) is 2.68. The van der Waals surface area contributed by atoms with Crippen molar-refractivity contribution in [2.45, 2.75) is 26.7 Å². The van der Waals surface area contributed by atoms with E-state index in [-0.39, 0.29) is 16.8 Å². The molecule has 0 atom stereocenters. The monoisotopic (exact) mass is 269 g/mol. The van der Waals surface area contributed by atoms with Gasteiger partial charge in [0.2, 0.25) is 0 Å². The van der Waals surface area contributed by atoms with E-state index in [0.717, 1.165) is 5.69 Å². The Morgan fingerprint density at radius 3 is 2.50 bits per heavy atom. The number of aromatic amines is 1. The van der Waals surface area contributed by atoms with Gasteiger partial charge in [-0.1, -0.05) is 13.8 Å². The van der Waals surface area contributed by atoms with Crippen LogP contribution < -0.4 is 5.56 Å². The molecule has 0 unspecified atom stereocenters. The van der Waals surface area contributed by atoms with Gasteiger partial charge in [0.15, 0.2) is 5.78 Å². The Morgan fingerprint density at radius 1 is 1.10 bits per heavy atom. The number of fused-ring (bicyclic) bond motifs is 1. The molecule has 5 nitrogen and oxygen atoms in total. The molecule has 0 amide bonds. The van der Waals surface area contributed by atoms with Crippen LogP contribution in [0.5, 0.6) is 0 Å². The van der Waals surface area contributed by atoms with E-state index in [1.165, 1.54) is 6.33 Å². The predicted octanol–water partition coefficient (Wildman–Crippen LogP) is 1.99. The second kappa shape index (κ2) is 4.37. The first kappa shape index (κ1) is 12.7. The van der Waals surface area contributed by atoms with Crippen LogP contribution >= 0.6 is 0 Å². The van der Waals surface area contributed by atoms with Crippen molar-refractivity contribution >= 4 is 5.78 Å². The van der Waals surface area contributed by atoms with Crippen LogP contribution in [0.1, 0.15) is 36.3 Å². The number of pyridine rings is 1. The van der Waals surface area contributed by atoms with Crippen LogP contribution in [0.15, 0.2) is 29.6 Å². The highest BCUT2D eigenvalue weighted by atomic mass is 16.1. The number of nitrogens with zero attached hydrogens (tertiary/aromatic N) is 2. The summed E-state index contributed by atoms with van der Waals surface area (Å²) in [6.45, 7) is 4.07. The molecule has 0 saturated carbocycles. The van der Waals surface area contributed by atoms with E-state index >= 15 is 0 Å². The molecule has 1 aliphatic carbocycles. The zero-order valence-corrected chi connectivity index (χ0v) is 11.4. The molecule has 0 fully saturated rings. The molecule has 0 bridgehead atoms. The van der Waals surface area contributed by atoms with Crippen LogP contribution in [0.4, 0.5) is 0 Å². The van der Waals surface area contributed by atoms with Crippen molar-refractivity contribution in [3.63, 3.8) is 0 Å². The van der Waals surface area contributed by atoms with E-state index in [9.17, 15) is 9.59 Å². The van der Waals surface area contributed by atoms with Gasteiger partial charge >= 0.3 is 0 Å². The molecule has 2 aromatic rings. The molecule has 2 aromatic heterocycles. The Morgan fingerprint density at radius 2 is 1.80 bits per heavy atom. The molecule has 0 aliphatic heterocycles. The van der Waals surface area contributed by atoms with Crippen LogP contribution in [-0.4, -0.2) is 20.7 Å². The van der Waals surface area contributed by atoms with Crippen LogP contribution in [0.2, 0.25) is 0 Å². The fourth-order valence-corrected chi connectivity index (χ4v) is 2.68. The smallest absolute Gasteiger partial charge is 0.256 e. The van der Waals surface area contributed by atoms with E-state index in [2.05, 4.69) is 15.0 Å². The van der Waals surface area contributed by atoms with Gasteiger partial charge in [0.1, 0.15) is 6.33 Å². The largest absolute Gasteiger partial charge is 0.325 e. The minimum Gasteiger partial charge on any atom is -0.325 e. The highest BCUT2D eigenvalue weighted by molar-refractivity contribution is 5.99. The first-order valence-electron chi connectivity index (χ1n) is 6.51. The van der Waals surface area contributed by atoms with Crippen molar-refractivity contribution in [3.05, 3.63) is 46.4 Å². The van der Waals surface area contributed by atoms with Crippen LogP contribution in [-0.2, 0) is 6.42 Å². The number of hydrogen-bond donors (Lipinski definition) is 1. The van der Waals surface area contributed by atoms with Crippen LogP contribution in [0.3, 0.4) is 0 Å². The number of carbonyl (C=O) groups excluding carboxylic acids is 1. The minimum atomic E-state index is -0.205. The number of carbonyl (C=O) groups is 1. The third kappa shape index (κ3) is 2.15. The molecule has 0 saturated heterocycles. The SMILES string of the molecule is CC1(C)CC(=O)c2cc(-c3cncnc3)c(=O)[nH]c2C1. The molecule has 0 radical (unpaired) electrons. The summed E-state index contributed by atoms with van der Waals surface area (Å²) < 4.78 is 0. The van der Waals surface area contributed by atoms with Gasteiger partial charge in [-0.3, -0.25) is 9.59 Å². The van der Waals surface area contributed by atoms with Crippen molar-refractivity contribution < 1.29 is 4.79 Å². The molecule has 1 aliphatic rings. The maximum Gasteiger partial charge on any atom is 0.256 e. The Bertz CT molecular complexity index is 733. The lowest BCUT2D eigenvalue weighted by Crippen LogP contribution is -2.30. The molecule has 3 rings (SSSR count). The van der Waals surface area contributed by atoms with E-state index < -0.39 is 0 Å². The lowest BCUT2D eigenvalue weighted by molar-refractivity contribution is 0.0910. The average Bonchev–Trinajstić information content (AvgIpc) is 2.37. The van der Waals surface area contributed by atoms with Gasteiger partial charge in [0, 0.05) is 35.6 Å². The van der Waals surface area contributed by atoms with Crippen molar-refractivity contribution in [2.24, 2.45) is 5.41 Å². The van der Waals surface area contributed by atoms with Gasteiger partial charge in [0.05, 0.1) is 5.56 Å². The van der Waals surface area contributed by atoms with E-state index in [1.54, 1.807) is 18.5 Å². The van der Waals surface area contributed by atoms with Gasteiger partial charge in [-0.2, -0.15) is 0 Å². The second-order valence-corrected chi connectivity index (χ2v) is 5.97. The summed E-state index contributed by atoms with van der Waals surface area (Å²) in [4.78, 5) is 35.1. The minimum absolute atomic E-state index is 0.0746. The highest BCUT2D eigenvalue weighted by Gasteiger charge is 2.32. The van der Waals surface area contributed by atoms with Gasteiger partial charge in [0.25, 0.3) is 5.56 Å². The van der Waals surface area contributed by atoms with Crippen molar-refractivity contribution in [3.8, 4) is 11.1 Å². The quantitative estimate of drug-likeness (QED) is 0.859. The van der Waals surface area contributed by atoms with E-state index in [1.807, 2.05) is 13.8 Å². The summed E-state index contributed by atoms with van der Waals surface area (Å²) in [5, 5.41) is 0. The molecule has 2 heterocycles. The molecule has 0 aromatic carbocycles. The summed E-state index contributed by atoms with van der Waals surface area (Å²) in [6, 6.07) is 1.67. The Balaban J connectivity index is 2.17. The summed E-state index contributed by atoms with van der Waals surface area (Å²) in [5.41, 5.74) is 2.10. The Hall–Kier alpha value is -2.30. The van der Waals surface area contributed by atoms with Gasteiger partial charge in [-0.15, -0.1) is 0 Å². The number of hydrogen-bond acceptors (Lipinski definition) is 4. The highest BCUT2D eigenvalue weighted by Crippen LogP contribution is 2.34. The van der Waals surface area contributed by atoms with Crippen molar-refractivity contribution in [2.75, 3.05) is 0 Å². The Kier molecular flexibility index (Phi) is 2.78. The lowest BCUT2D eigenvalue weighted by atomic mass is 9.75. The zero-order valence-electron chi connectivity index (χ0n) is 11.4. The van der Waals surface area contributed by atoms with Gasteiger partial charge in [-0.05, 0) is 17.9 Å². The van der Waals surface area contributed by atoms with Gasteiger partial charge in [-0.25, -0.2) is 9.97 Å². The number of ketones is 1. The summed E-state index contributed by atoms with van der Waals surface area (Å²) in [5.74, 6) is 0.0746. The number of aromatic nitrogens is 3. The van der Waals surface area contributed by atoms with Crippen molar-refractivity contribution in [1.29, 1.82) is 0 Å². The summed E-state index contributed by atoms with van der Waals surface area (Å²) in [7, 11) is 0. The maximum atomic E-state index is 12.2. The zero-order chi connectivity index (χ0) is 14.3. The molecular formula is C15H15N3O2. The van der Waals surface area contributed by atoms with Gasteiger partial charge < -0.3 is 4.98 Å². The van der Waals surface area contributed by atoms with Crippen LogP contribution in [0, 0.1) is 5.41 Å². The third-order valence-electron chi connectivity index (χ3n) is 3.59. The number of H-pyrrole nitrogens is 1. The predicted molar refractivity (Wildman–Crippen MR) is 74.5 cm³/mol. The lowest BCUT2D eigenvalue weighted by Gasteiger charge is -2.29. The summed E-state index contributed by atoms with van der Waals surface area (Å²) in [6.07, 6.45) is 5.75. The summed E-state index contributed by atoms with van der Waals surface area (Å²) >= 11 is 0. The fraction of sp³-hybridized carbons (Fsp3) is 0.333. The van der Waals surface area contributed by atoms with Crippen molar-refractivity contribution in [1.82, 2.24) is 15.0 Å². The molecule has 5 heteroatoms. The maximum absolute atomic E-state index is 12.2. The molecule has 1 N–H and O–H groups in total. The second-order valence-electron chi connectivity index (χ2n) is 5.97. The number of rotatable bonds is 1. The van der Waals surface area contributed by atoms with E-state index in [4.69, 9.17) is 0 Å². The van der Waals surface area contributed by atoms with E-state index in [0.29, 0.717) is 29.5 Å². The normalized spacial score (nSPS) is 16.8. The number of Topliss-reactive ketones (excluding diaryl/α,β-unsaturated/α-hetero) is 1. The molecule has 102 valence electrons. The average molecular weight is 269 g/mol. The Labute approximate surface area is 116 Å². The third-order valence-corrected chi connectivity index (χ3v) is 3.59. The first-order valence-corrected chi connectivity index (χ1v) is 6.51.